The average Bonchev–Trinajstić information content (AvgIpc) is 2.94. The zero-order chi connectivity index (χ0) is 15.2. The van der Waals surface area contributed by atoms with Gasteiger partial charge in [-0.15, -0.1) is 11.3 Å². The predicted molar refractivity (Wildman–Crippen MR) is 89.6 cm³/mol. The number of hydrogen-bond donors (Lipinski definition) is 2. The van der Waals surface area contributed by atoms with Crippen LogP contribution in [0.5, 0.6) is 0 Å². The smallest absolute Gasteiger partial charge is 0.238 e. The lowest BCUT2D eigenvalue weighted by atomic mass is 10.2. The molecule has 0 fully saturated rings. The first-order valence-electron chi connectivity index (χ1n) is 6.93. The normalized spacial score (nSPS) is 12.3. The van der Waals surface area contributed by atoms with Crippen molar-refractivity contribution in [1.29, 1.82) is 0 Å². The number of nitrogens with zero attached hydrogens (tertiary/aromatic N) is 1. The molecule has 0 spiro atoms. The van der Waals surface area contributed by atoms with Crippen LogP contribution in [0.2, 0.25) is 0 Å². The number of para-hydroxylation sites is 2. The topological polar surface area (TPSA) is 58.4 Å². The summed E-state index contributed by atoms with van der Waals surface area (Å²) < 4.78 is 0. The van der Waals surface area contributed by atoms with E-state index in [1.165, 1.54) is 4.88 Å². The second-order valence-corrected chi connectivity index (χ2v) is 6.22. The van der Waals surface area contributed by atoms with E-state index < -0.39 is 0 Å². The van der Waals surface area contributed by atoms with Crippen LogP contribution in [0.1, 0.15) is 11.8 Å². The van der Waals surface area contributed by atoms with Crippen molar-refractivity contribution in [3.05, 3.63) is 46.7 Å². The molecule has 3 N–H and O–H groups in total. The molecule has 0 saturated heterocycles. The first-order chi connectivity index (χ1) is 10.1. The van der Waals surface area contributed by atoms with Crippen LogP contribution in [0.15, 0.2) is 41.8 Å². The number of thiophene rings is 1. The molecule has 1 atom stereocenters. The summed E-state index contributed by atoms with van der Waals surface area (Å²) in [6.07, 6.45) is 0.953. The molecule has 0 saturated carbocycles. The van der Waals surface area contributed by atoms with E-state index in [2.05, 4.69) is 29.8 Å². The molecular formula is C16H21N3OS. The number of anilines is 2. The van der Waals surface area contributed by atoms with Crippen LogP contribution in [-0.2, 0) is 11.2 Å². The molecular weight excluding hydrogens is 282 g/mol. The van der Waals surface area contributed by atoms with E-state index in [-0.39, 0.29) is 5.91 Å². The molecule has 0 radical (unpaired) electrons. The Labute approximate surface area is 129 Å². The Morgan fingerprint density at radius 3 is 2.76 bits per heavy atom. The minimum absolute atomic E-state index is 0.0478. The minimum Gasteiger partial charge on any atom is -0.397 e. The van der Waals surface area contributed by atoms with Gasteiger partial charge < -0.3 is 11.1 Å². The van der Waals surface area contributed by atoms with Crippen LogP contribution in [0.3, 0.4) is 0 Å². The molecule has 1 amide bonds. The second-order valence-electron chi connectivity index (χ2n) is 5.18. The highest BCUT2D eigenvalue weighted by Crippen LogP contribution is 2.17. The molecule has 112 valence electrons. The van der Waals surface area contributed by atoms with Gasteiger partial charge in [0.1, 0.15) is 0 Å². The van der Waals surface area contributed by atoms with Crippen LogP contribution in [0, 0.1) is 0 Å². The van der Waals surface area contributed by atoms with Crippen molar-refractivity contribution >= 4 is 28.6 Å². The number of benzene rings is 1. The number of likely N-dealkylation sites (N-methyl/N-ethyl adjacent to an activating group) is 1. The number of nitrogens with two attached hydrogens (primary N) is 1. The molecule has 21 heavy (non-hydrogen) atoms. The maximum atomic E-state index is 12.1. The van der Waals surface area contributed by atoms with Crippen molar-refractivity contribution in [3.63, 3.8) is 0 Å². The van der Waals surface area contributed by atoms with Gasteiger partial charge in [0, 0.05) is 10.9 Å². The third-order valence-corrected chi connectivity index (χ3v) is 4.36. The lowest BCUT2D eigenvalue weighted by Gasteiger charge is -2.23. The fraction of sp³-hybridized carbons (Fsp3) is 0.312. The molecule has 0 aliphatic rings. The molecule has 2 aromatic rings. The number of nitrogens with one attached hydrogen (secondary N) is 1. The maximum absolute atomic E-state index is 12.1. The number of carbonyl (C=O) groups excluding carboxylic acids is 1. The summed E-state index contributed by atoms with van der Waals surface area (Å²) in [6.45, 7) is 2.48. The largest absolute Gasteiger partial charge is 0.397 e. The van der Waals surface area contributed by atoms with Gasteiger partial charge in [-0.2, -0.15) is 0 Å². The Kier molecular flexibility index (Phi) is 5.36. The first kappa shape index (κ1) is 15.5. The Morgan fingerprint density at radius 2 is 2.10 bits per heavy atom. The highest BCUT2D eigenvalue weighted by Gasteiger charge is 2.14. The highest BCUT2D eigenvalue weighted by molar-refractivity contribution is 7.09. The molecule has 1 aromatic carbocycles. The standard InChI is InChI=1S/C16H21N3OS/c1-12(10-13-6-5-9-21-13)19(2)11-16(20)18-15-8-4-3-7-14(15)17/h3-9,12H,10-11,17H2,1-2H3,(H,18,20). The number of rotatable bonds is 6. The summed E-state index contributed by atoms with van der Waals surface area (Å²) in [4.78, 5) is 15.5. The third-order valence-electron chi connectivity index (χ3n) is 3.46. The molecule has 1 heterocycles. The first-order valence-corrected chi connectivity index (χ1v) is 7.81. The molecule has 5 heteroatoms. The zero-order valence-corrected chi connectivity index (χ0v) is 13.2. The van der Waals surface area contributed by atoms with Crippen LogP contribution >= 0.6 is 11.3 Å². The van der Waals surface area contributed by atoms with E-state index in [9.17, 15) is 4.79 Å². The minimum atomic E-state index is -0.0478. The number of amides is 1. The molecule has 1 unspecified atom stereocenters. The second kappa shape index (κ2) is 7.24. The van der Waals surface area contributed by atoms with Gasteiger partial charge in [-0.1, -0.05) is 18.2 Å². The summed E-state index contributed by atoms with van der Waals surface area (Å²) in [7, 11) is 1.96. The van der Waals surface area contributed by atoms with Gasteiger partial charge in [0.2, 0.25) is 5.91 Å². The fourth-order valence-electron chi connectivity index (χ4n) is 2.06. The number of carbonyl (C=O) groups is 1. The summed E-state index contributed by atoms with van der Waals surface area (Å²) in [5.74, 6) is -0.0478. The van der Waals surface area contributed by atoms with Crippen LogP contribution in [0.25, 0.3) is 0 Å². The zero-order valence-electron chi connectivity index (χ0n) is 12.4. The van der Waals surface area contributed by atoms with E-state index >= 15 is 0 Å². The fourth-order valence-corrected chi connectivity index (χ4v) is 2.89. The van der Waals surface area contributed by atoms with Crippen molar-refractivity contribution in [2.45, 2.75) is 19.4 Å². The van der Waals surface area contributed by atoms with Crippen LogP contribution in [-0.4, -0.2) is 30.4 Å². The summed E-state index contributed by atoms with van der Waals surface area (Å²) >= 11 is 1.75. The molecule has 0 bridgehead atoms. The summed E-state index contributed by atoms with van der Waals surface area (Å²) in [6, 6.07) is 11.8. The van der Waals surface area contributed by atoms with Crippen molar-refractivity contribution in [2.75, 3.05) is 24.6 Å². The third kappa shape index (κ3) is 4.58. The van der Waals surface area contributed by atoms with Crippen molar-refractivity contribution < 1.29 is 4.79 Å². The van der Waals surface area contributed by atoms with Crippen molar-refractivity contribution in [1.82, 2.24) is 4.90 Å². The van der Waals surface area contributed by atoms with Gasteiger partial charge in [-0.3, -0.25) is 9.69 Å². The van der Waals surface area contributed by atoms with Crippen LogP contribution in [0.4, 0.5) is 11.4 Å². The van der Waals surface area contributed by atoms with Crippen molar-refractivity contribution in [3.8, 4) is 0 Å². The van der Waals surface area contributed by atoms with Crippen LogP contribution < -0.4 is 11.1 Å². The molecule has 2 rings (SSSR count). The molecule has 4 nitrogen and oxygen atoms in total. The Morgan fingerprint density at radius 1 is 1.33 bits per heavy atom. The Hall–Kier alpha value is -1.85. The Bertz CT molecular complexity index is 583. The van der Waals surface area contributed by atoms with E-state index in [4.69, 9.17) is 5.73 Å². The SMILES string of the molecule is CC(Cc1cccs1)N(C)CC(=O)Nc1ccccc1N. The molecule has 1 aromatic heterocycles. The predicted octanol–water partition coefficient (Wildman–Crippen LogP) is 2.83. The summed E-state index contributed by atoms with van der Waals surface area (Å²) in [5.41, 5.74) is 7.07. The van der Waals surface area contributed by atoms with E-state index in [0.29, 0.717) is 24.0 Å². The average molecular weight is 303 g/mol. The number of hydrogen-bond acceptors (Lipinski definition) is 4. The van der Waals surface area contributed by atoms with Gasteiger partial charge in [0.25, 0.3) is 0 Å². The maximum Gasteiger partial charge on any atom is 0.238 e. The van der Waals surface area contributed by atoms with Gasteiger partial charge in [0.15, 0.2) is 0 Å². The Balaban J connectivity index is 1.85. The van der Waals surface area contributed by atoms with Gasteiger partial charge in [0.05, 0.1) is 17.9 Å². The van der Waals surface area contributed by atoms with E-state index in [1.807, 2.05) is 30.1 Å². The molecule has 0 aliphatic carbocycles. The van der Waals surface area contributed by atoms with Crippen molar-refractivity contribution in [2.24, 2.45) is 0 Å². The van der Waals surface area contributed by atoms with E-state index in [1.54, 1.807) is 17.4 Å². The summed E-state index contributed by atoms with van der Waals surface area (Å²) in [5, 5.41) is 4.93. The highest BCUT2D eigenvalue weighted by atomic mass is 32.1. The monoisotopic (exact) mass is 303 g/mol. The van der Waals surface area contributed by atoms with E-state index in [0.717, 1.165) is 6.42 Å². The van der Waals surface area contributed by atoms with Gasteiger partial charge in [-0.05, 0) is 44.0 Å². The quantitative estimate of drug-likeness (QED) is 0.807. The lowest BCUT2D eigenvalue weighted by Crippen LogP contribution is -2.37. The number of nitrogen functional groups attached to an aromatic ring is 1. The van der Waals surface area contributed by atoms with Gasteiger partial charge in [-0.25, -0.2) is 0 Å². The van der Waals surface area contributed by atoms with Gasteiger partial charge >= 0.3 is 0 Å². The lowest BCUT2D eigenvalue weighted by molar-refractivity contribution is -0.117. The molecule has 0 aliphatic heterocycles.